The van der Waals surface area contributed by atoms with E-state index >= 15 is 0 Å². The standard InChI is InChI=1S/C28H34N6O5/c1-36-24-14-18-13-22(28(35)29-23(18)15-25(24)37-2)26(27-30-31-32-34(27)19-7-3-4-8-19)33(16-20-9-5-11-38-20)17-21-10-6-12-39-21/h5,9,11,13-15,19,21,26H,3-4,6-8,10,12,16-17H2,1-2H3,(H,29,35)/t21-,26-/m0/s1. The zero-order chi connectivity index (χ0) is 26.8. The van der Waals surface area contributed by atoms with Gasteiger partial charge in [0.1, 0.15) is 11.8 Å². The zero-order valence-electron chi connectivity index (χ0n) is 22.3. The maximum atomic E-state index is 13.8. The van der Waals surface area contributed by atoms with Crippen LogP contribution in [0.3, 0.4) is 0 Å². The number of aromatic nitrogens is 5. The monoisotopic (exact) mass is 534 g/mol. The topological polar surface area (TPSA) is 121 Å². The molecular formula is C28H34N6O5. The van der Waals surface area contributed by atoms with Gasteiger partial charge in [-0.1, -0.05) is 12.8 Å². The quantitative estimate of drug-likeness (QED) is 0.322. The van der Waals surface area contributed by atoms with Gasteiger partial charge in [0.05, 0.1) is 44.7 Å². The summed E-state index contributed by atoms with van der Waals surface area (Å²) in [6.07, 6.45) is 7.99. The van der Waals surface area contributed by atoms with Crippen LogP contribution in [0.25, 0.3) is 10.9 Å². The van der Waals surface area contributed by atoms with Crippen LogP contribution in [0.5, 0.6) is 11.5 Å². The van der Waals surface area contributed by atoms with Crippen LogP contribution in [0.15, 0.2) is 45.8 Å². The van der Waals surface area contributed by atoms with Crippen molar-refractivity contribution >= 4 is 10.9 Å². The van der Waals surface area contributed by atoms with Crippen LogP contribution in [0.2, 0.25) is 0 Å². The van der Waals surface area contributed by atoms with Crippen molar-refractivity contribution in [2.45, 2.75) is 63.3 Å². The predicted octanol–water partition coefficient (Wildman–Crippen LogP) is 4.01. The number of hydrogen-bond donors (Lipinski definition) is 1. The van der Waals surface area contributed by atoms with Crippen LogP contribution in [0, 0.1) is 0 Å². The van der Waals surface area contributed by atoms with Crippen molar-refractivity contribution < 1.29 is 18.6 Å². The molecule has 11 nitrogen and oxygen atoms in total. The Bertz CT molecular complexity index is 1450. The molecule has 11 heteroatoms. The Kier molecular flexibility index (Phi) is 7.34. The molecule has 206 valence electrons. The molecular weight excluding hydrogens is 500 g/mol. The number of rotatable bonds is 10. The van der Waals surface area contributed by atoms with Crippen molar-refractivity contribution in [1.29, 1.82) is 0 Å². The lowest BCUT2D eigenvalue weighted by Gasteiger charge is -2.32. The Balaban J connectivity index is 1.51. The van der Waals surface area contributed by atoms with Gasteiger partial charge in [0.25, 0.3) is 5.56 Å². The van der Waals surface area contributed by atoms with E-state index in [-0.39, 0.29) is 17.7 Å². The van der Waals surface area contributed by atoms with Crippen LogP contribution < -0.4 is 15.0 Å². The van der Waals surface area contributed by atoms with E-state index in [2.05, 4.69) is 25.4 Å². The van der Waals surface area contributed by atoms with Crippen molar-refractivity contribution in [2.24, 2.45) is 0 Å². The number of fused-ring (bicyclic) bond motifs is 1. The molecule has 4 aromatic rings. The minimum atomic E-state index is -0.531. The fraction of sp³-hybridized carbons (Fsp3) is 0.500. The third kappa shape index (κ3) is 5.16. The zero-order valence-corrected chi connectivity index (χ0v) is 22.3. The highest BCUT2D eigenvalue weighted by atomic mass is 16.5. The number of furan rings is 1. The van der Waals surface area contributed by atoms with Crippen molar-refractivity contribution in [1.82, 2.24) is 30.1 Å². The Labute approximate surface area is 226 Å². The average molecular weight is 535 g/mol. The van der Waals surface area contributed by atoms with Crippen LogP contribution in [-0.2, 0) is 11.3 Å². The van der Waals surface area contributed by atoms with Gasteiger partial charge >= 0.3 is 0 Å². The molecule has 1 aliphatic carbocycles. The van der Waals surface area contributed by atoms with Gasteiger partial charge in [-0.3, -0.25) is 9.69 Å². The fourth-order valence-electron chi connectivity index (χ4n) is 5.96. The first kappa shape index (κ1) is 25.6. The van der Waals surface area contributed by atoms with Gasteiger partial charge in [-0.2, -0.15) is 0 Å². The molecule has 1 N–H and O–H groups in total. The summed E-state index contributed by atoms with van der Waals surface area (Å²) in [5, 5.41) is 13.9. The van der Waals surface area contributed by atoms with Gasteiger partial charge in [-0.05, 0) is 60.4 Å². The highest BCUT2D eigenvalue weighted by molar-refractivity contribution is 5.83. The van der Waals surface area contributed by atoms with Gasteiger partial charge in [-0.25, -0.2) is 4.68 Å². The van der Waals surface area contributed by atoms with E-state index in [9.17, 15) is 4.79 Å². The van der Waals surface area contributed by atoms with Crippen LogP contribution in [0.4, 0.5) is 0 Å². The number of methoxy groups -OCH3 is 2. The lowest BCUT2D eigenvalue weighted by Crippen LogP contribution is -2.39. The normalized spacial score (nSPS) is 18.8. The number of nitrogens with zero attached hydrogens (tertiary/aromatic N) is 5. The number of hydrogen-bond acceptors (Lipinski definition) is 9. The van der Waals surface area contributed by atoms with E-state index in [4.69, 9.17) is 18.6 Å². The highest BCUT2D eigenvalue weighted by Gasteiger charge is 2.35. The van der Waals surface area contributed by atoms with Gasteiger partial charge in [0.2, 0.25) is 0 Å². The second-order valence-electron chi connectivity index (χ2n) is 10.3. The summed E-state index contributed by atoms with van der Waals surface area (Å²) < 4.78 is 24.7. The van der Waals surface area contributed by atoms with Crippen molar-refractivity contribution in [3.8, 4) is 11.5 Å². The van der Waals surface area contributed by atoms with Crippen molar-refractivity contribution in [2.75, 3.05) is 27.4 Å². The molecule has 0 unspecified atom stereocenters. The summed E-state index contributed by atoms with van der Waals surface area (Å²) in [4.78, 5) is 19.1. The predicted molar refractivity (Wildman–Crippen MR) is 143 cm³/mol. The molecule has 2 atom stereocenters. The highest BCUT2D eigenvalue weighted by Crippen LogP contribution is 2.36. The van der Waals surface area contributed by atoms with Crippen LogP contribution >= 0.6 is 0 Å². The number of H-pyrrole nitrogens is 1. The molecule has 1 aliphatic heterocycles. The largest absolute Gasteiger partial charge is 0.493 e. The number of tetrazole rings is 1. The van der Waals surface area contributed by atoms with Gasteiger partial charge in [0.15, 0.2) is 17.3 Å². The molecule has 0 bridgehead atoms. The molecule has 1 saturated heterocycles. The van der Waals surface area contributed by atoms with Gasteiger partial charge < -0.3 is 23.6 Å². The smallest absolute Gasteiger partial charge is 0.253 e. The summed E-state index contributed by atoms with van der Waals surface area (Å²) in [5.74, 6) is 2.58. The number of aromatic amines is 1. The molecule has 3 aromatic heterocycles. The molecule has 0 spiro atoms. The van der Waals surface area contributed by atoms with E-state index in [1.807, 2.05) is 28.9 Å². The first-order valence-electron chi connectivity index (χ1n) is 13.6. The molecule has 2 aliphatic rings. The molecule has 6 rings (SSSR count). The van der Waals surface area contributed by atoms with E-state index in [1.165, 1.54) is 0 Å². The molecule has 4 heterocycles. The third-order valence-corrected chi connectivity index (χ3v) is 7.87. The summed E-state index contributed by atoms with van der Waals surface area (Å²) in [6, 6.07) is 9.07. The van der Waals surface area contributed by atoms with Crippen molar-refractivity contribution in [3.05, 3.63) is 64.1 Å². The Morgan fingerprint density at radius 1 is 1.13 bits per heavy atom. The average Bonchev–Trinajstić information content (AvgIpc) is 3.76. The molecule has 1 aromatic carbocycles. The van der Waals surface area contributed by atoms with E-state index in [1.54, 1.807) is 26.5 Å². The molecule has 2 fully saturated rings. The third-order valence-electron chi connectivity index (χ3n) is 7.87. The van der Waals surface area contributed by atoms with E-state index in [0.717, 1.165) is 56.3 Å². The Morgan fingerprint density at radius 2 is 1.95 bits per heavy atom. The van der Waals surface area contributed by atoms with E-state index in [0.29, 0.717) is 41.5 Å². The van der Waals surface area contributed by atoms with Gasteiger partial charge in [0, 0.05) is 30.2 Å². The minimum Gasteiger partial charge on any atom is -0.493 e. The number of nitrogens with one attached hydrogen (secondary N) is 1. The number of ether oxygens (including phenoxy) is 3. The molecule has 0 radical (unpaired) electrons. The fourth-order valence-corrected chi connectivity index (χ4v) is 5.96. The summed E-state index contributed by atoms with van der Waals surface area (Å²) in [7, 11) is 3.17. The van der Waals surface area contributed by atoms with E-state index < -0.39 is 6.04 Å². The summed E-state index contributed by atoms with van der Waals surface area (Å²) in [6.45, 7) is 1.81. The maximum absolute atomic E-state index is 13.8. The molecule has 1 saturated carbocycles. The van der Waals surface area contributed by atoms with Crippen LogP contribution in [-0.4, -0.2) is 63.6 Å². The second kappa shape index (κ2) is 11.2. The Hall–Kier alpha value is -3.70. The van der Waals surface area contributed by atoms with Crippen LogP contribution in [0.1, 0.15) is 67.8 Å². The minimum absolute atomic E-state index is 0.0437. The van der Waals surface area contributed by atoms with Crippen molar-refractivity contribution in [3.63, 3.8) is 0 Å². The first-order chi connectivity index (χ1) is 19.1. The lowest BCUT2D eigenvalue weighted by atomic mass is 10.0. The SMILES string of the molecule is COc1cc2cc([C@@H](c3nnnn3C3CCCC3)N(Cc3ccco3)C[C@@H]3CCCO3)c(=O)[nH]c2cc1OC. The first-order valence-corrected chi connectivity index (χ1v) is 13.6. The second-order valence-corrected chi connectivity index (χ2v) is 10.3. The molecule has 39 heavy (non-hydrogen) atoms. The Morgan fingerprint density at radius 3 is 2.67 bits per heavy atom. The summed E-state index contributed by atoms with van der Waals surface area (Å²) >= 11 is 0. The number of benzene rings is 1. The van der Waals surface area contributed by atoms with Gasteiger partial charge in [-0.15, -0.1) is 5.10 Å². The lowest BCUT2D eigenvalue weighted by molar-refractivity contribution is 0.0541. The maximum Gasteiger partial charge on any atom is 0.253 e. The number of pyridine rings is 1. The molecule has 0 amide bonds. The summed E-state index contributed by atoms with van der Waals surface area (Å²) in [5.41, 5.74) is 0.998.